The van der Waals surface area contributed by atoms with E-state index in [2.05, 4.69) is 27.3 Å². The number of imidazole rings is 1. The Bertz CT molecular complexity index is 1150. The first-order chi connectivity index (χ1) is 15.1. The average molecular weight is 433 g/mol. The van der Waals surface area contributed by atoms with Gasteiger partial charge in [-0.3, -0.25) is 4.79 Å². The van der Waals surface area contributed by atoms with Gasteiger partial charge < -0.3 is 19.2 Å². The van der Waals surface area contributed by atoms with Crippen molar-refractivity contribution in [3.05, 3.63) is 96.2 Å². The van der Waals surface area contributed by atoms with Crippen molar-refractivity contribution in [2.24, 2.45) is 7.05 Å². The molecule has 1 amide bonds. The molecule has 2 aromatic heterocycles. The van der Waals surface area contributed by atoms with E-state index in [9.17, 15) is 4.79 Å². The first-order valence-corrected chi connectivity index (χ1v) is 10.9. The van der Waals surface area contributed by atoms with Crippen LogP contribution in [0.1, 0.15) is 21.9 Å². The van der Waals surface area contributed by atoms with Crippen LogP contribution in [0.15, 0.2) is 88.7 Å². The van der Waals surface area contributed by atoms with E-state index in [-0.39, 0.29) is 11.7 Å². The highest BCUT2D eigenvalue weighted by Crippen LogP contribution is 2.27. The summed E-state index contributed by atoms with van der Waals surface area (Å²) in [6.45, 7) is 0.739. The van der Waals surface area contributed by atoms with Gasteiger partial charge in [0.25, 0.3) is 5.91 Å². The maximum Gasteiger partial charge on any atom is 0.291 e. The minimum atomic E-state index is -0.270. The van der Waals surface area contributed by atoms with Crippen molar-refractivity contribution in [2.45, 2.75) is 17.5 Å². The molecular weight excluding hydrogens is 408 g/mol. The van der Waals surface area contributed by atoms with Crippen LogP contribution >= 0.6 is 11.8 Å². The maximum absolute atomic E-state index is 12.8. The number of hydrogen-bond donors (Lipinski definition) is 1. The quantitative estimate of drug-likeness (QED) is 0.388. The number of aryl methyl sites for hydroxylation is 1. The second-order valence-electron chi connectivity index (χ2n) is 7.19. The Labute approximate surface area is 185 Å². The van der Waals surface area contributed by atoms with Crippen molar-refractivity contribution >= 4 is 29.0 Å². The summed E-state index contributed by atoms with van der Waals surface area (Å²) in [5, 5.41) is 3.89. The van der Waals surface area contributed by atoms with Crippen molar-refractivity contribution in [3.63, 3.8) is 0 Å². The molecule has 4 aromatic rings. The van der Waals surface area contributed by atoms with Crippen LogP contribution in [-0.2, 0) is 19.3 Å². The molecule has 0 fully saturated rings. The molecule has 0 saturated carbocycles. The Morgan fingerprint density at radius 2 is 1.87 bits per heavy atom. The number of para-hydroxylation sites is 2. The number of carbonyl (C=O) groups is 1. The molecule has 0 aliphatic heterocycles. The van der Waals surface area contributed by atoms with Gasteiger partial charge >= 0.3 is 0 Å². The molecule has 0 radical (unpaired) electrons. The van der Waals surface area contributed by atoms with Crippen molar-refractivity contribution in [1.29, 1.82) is 0 Å². The minimum absolute atomic E-state index is 0.270. The van der Waals surface area contributed by atoms with E-state index in [1.807, 2.05) is 73.4 Å². The molecule has 2 aromatic carbocycles. The average Bonchev–Trinajstić information content (AvgIpc) is 3.42. The van der Waals surface area contributed by atoms with Gasteiger partial charge in [0.05, 0.1) is 17.1 Å². The predicted octanol–water partition coefficient (Wildman–Crippen LogP) is 5.19. The van der Waals surface area contributed by atoms with Crippen LogP contribution in [0.4, 0.5) is 11.4 Å². The van der Waals surface area contributed by atoms with Crippen molar-refractivity contribution < 1.29 is 9.21 Å². The van der Waals surface area contributed by atoms with Crippen LogP contribution in [0.5, 0.6) is 0 Å². The van der Waals surface area contributed by atoms with Gasteiger partial charge in [-0.25, -0.2) is 4.98 Å². The molecule has 7 heteroatoms. The molecular formula is C24H24N4O2S. The van der Waals surface area contributed by atoms with E-state index in [1.165, 1.54) is 5.56 Å². The first kappa shape index (κ1) is 20.8. The van der Waals surface area contributed by atoms with E-state index in [0.29, 0.717) is 5.75 Å². The fraction of sp³-hybridized carbons (Fsp3) is 0.167. The zero-order chi connectivity index (χ0) is 21.6. The topological polar surface area (TPSA) is 63.3 Å². The summed E-state index contributed by atoms with van der Waals surface area (Å²) in [5.74, 6) is 1.35. The second kappa shape index (κ2) is 9.57. The molecule has 1 N–H and O–H groups in total. The number of thioether (sulfide) groups is 1. The lowest BCUT2D eigenvalue weighted by Gasteiger charge is -2.22. The number of aromatic nitrogens is 2. The Morgan fingerprint density at radius 3 is 2.65 bits per heavy atom. The summed E-state index contributed by atoms with van der Waals surface area (Å²) in [4.78, 5) is 19.2. The third-order valence-electron chi connectivity index (χ3n) is 4.83. The zero-order valence-electron chi connectivity index (χ0n) is 17.5. The number of hydrogen-bond acceptors (Lipinski definition) is 5. The van der Waals surface area contributed by atoms with Gasteiger partial charge in [0, 0.05) is 33.0 Å². The Hall–Kier alpha value is -3.45. The lowest BCUT2D eigenvalue weighted by atomic mass is 10.2. The van der Waals surface area contributed by atoms with E-state index in [1.54, 1.807) is 24.0 Å². The van der Waals surface area contributed by atoms with Crippen molar-refractivity contribution in [1.82, 2.24) is 9.55 Å². The summed E-state index contributed by atoms with van der Waals surface area (Å²) in [6, 6.07) is 21.5. The molecule has 158 valence electrons. The van der Waals surface area contributed by atoms with Crippen LogP contribution in [0.25, 0.3) is 0 Å². The normalized spacial score (nSPS) is 10.8. The van der Waals surface area contributed by atoms with Crippen molar-refractivity contribution in [2.75, 3.05) is 17.3 Å². The van der Waals surface area contributed by atoms with Gasteiger partial charge in [-0.2, -0.15) is 0 Å². The van der Waals surface area contributed by atoms with E-state index in [4.69, 9.17) is 4.42 Å². The molecule has 0 aliphatic rings. The Balaban J connectivity index is 1.42. The highest BCUT2D eigenvalue weighted by atomic mass is 32.2. The van der Waals surface area contributed by atoms with Crippen LogP contribution < -0.4 is 10.2 Å². The predicted molar refractivity (Wildman–Crippen MR) is 124 cm³/mol. The van der Waals surface area contributed by atoms with Gasteiger partial charge in [0.1, 0.15) is 5.76 Å². The number of nitrogens with one attached hydrogen (secondary N) is 1. The summed E-state index contributed by atoms with van der Waals surface area (Å²) in [7, 11) is 3.96. The van der Waals surface area contributed by atoms with Gasteiger partial charge in [0.15, 0.2) is 10.9 Å². The molecule has 6 nitrogen and oxygen atoms in total. The fourth-order valence-electron chi connectivity index (χ4n) is 3.24. The van der Waals surface area contributed by atoms with E-state index < -0.39 is 0 Å². The van der Waals surface area contributed by atoms with E-state index >= 15 is 0 Å². The van der Waals surface area contributed by atoms with Crippen LogP contribution in [0.3, 0.4) is 0 Å². The molecule has 0 bridgehead atoms. The fourth-order valence-corrected chi connectivity index (χ4v) is 4.07. The number of furan rings is 1. The molecule has 0 unspecified atom stereocenters. The summed E-state index contributed by atoms with van der Waals surface area (Å²) >= 11 is 1.56. The van der Waals surface area contributed by atoms with Gasteiger partial charge in [0.2, 0.25) is 0 Å². The SMILES string of the molecule is CN(Cc1ccccc1)c1ccccc1NC(=O)c1ccc(CSc2nccn2C)o1. The molecule has 0 aliphatic carbocycles. The number of nitrogens with zero attached hydrogens (tertiary/aromatic N) is 3. The smallest absolute Gasteiger partial charge is 0.291 e. The third kappa shape index (κ3) is 5.19. The molecule has 4 rings (SSSR count). The number of carbonyl (C=O) groups excluding carboxylic acids is 1. The summed E-state index contributed by atoms with van der Waals surface area (Å²) < 4.78 is 7.72. The number of anilines is 2. The lowest BCUT2D eigenvalue weighted by Crippen LogP contribution is -2.20. The highest BCUT2D eigenvalue weighted by molar-refractivity contribution is 7.98. The zero-order valence-corrected chi connectivity index (χ0v) is 18.3. The van der Waals surface area contributed by atoms with Crippen LogP contribution in [0.2, 0.25) is 0 Å². The Morgan fingerprint density at radius 1 is 1.10 bits per heavy atom. The monoisotopic (exact) mass is 432 g/mol. The summed E-state index contributed by atoms with van der Waals surface area (Å²) in [5.41, 5.74) is 2.88. The Kier molecular flexibility index (Phi) is 6.43. The van der Waals surface area contributed by atoms with Crippen molar-refractivity contribution in [3.8, 4) is 0 Å². The van der Waals surface area contributed by atoms with Crippen LogP contribution in [-0.4, -0.2) is 22.5 Å². The number of amides is 1. The van der Waals surface area contributed by atoms with Crippen LogP contribution in [0, 0.1) is 0 Å². The minimum Gasteiger partial charge on any atom is -0.455 e. The molecule has 31 heavy (non-hydrogen) atoms. The van der Waals surface area contributed by atoms with Gasteiger partial charge in [-0.05, 0) is 29.8 Å². The maximum atomic E-state index is 12.8. The van der Waals surface area contributed by atoms with E-state index in [0.717, 1.165) is 28.8 Å². The summed E-state index contributed by atoms with van der Waals surface area (Å²) in [6.07, 6.45) is 3.66. The van der Waals surface area contributed by atoms with Gasteiger partial charge in [-0.1, -0.05) is 54.2 Å². The van der Waals surface area contributed by atoms with Gasteiger partial charge in [-0.15, -0.1) is 0 Å². The second-order valence-corrected chi connectivity index (χ2v) is 8.13. The standard InChI is InChI=1S/C24H24N4O2S/c1-27-15-14-25-24(27)31-17-19-12-13-22(30-19)23(29)26-20-10-6-7-11-21(20)28(2)16-18-8-4-3-5-9-18/h3-15H,16-17H2,1-2H3,(H,26,29). The molecule has 2 heterocycles. The largest absolute Gasteiger partial charge is 0.455 e. The first-order valence-electron chi connectivity index (χ1n) is 9.94. The molecule has 0 atom stereocenters. The lowest BCUT2D eigenvalue weighted by molar-refractivity contribution is 0.0995. The number of benzene rings is 2. The third-order valence-corrected chi connectivity index (χ3v) is 5.91. The molecule has 0 saturated heterocycles. The highest BCUT2D eigenvalue weighted by Gasteiger charge is 2.15. The molecule has 0 spiro atoms. The number of rotatable bonds is 8.